The summed E-state index contributed by atoms with van der Waals surface area (Å²) in [6.45, 7) is 0. The zero-order valence-corrected chi connectivity index (χ0v) is 10.7. The average molecular weight is 297 g/mol. The highest BCUT2D eigenvalue weighted by molar-refractivity contribution is 7.87. The van der Waals surface area contributed by atoms with Gasteiger partial charge in [-0.25, -0.2) is 4.39 Å². The lowest BCUT2D eigenvalue weighted by atomic mass is 10.3. The fourth-order valence-electron chi connectivity index (χ4n) is 1.48. The van der Waals surface area contributed by atoms with Crippen LogP contribution in [0.2, 0.25) is 0 Å². The van der Waals surface area contributed by atoms with Gasteiger partial charge in [0.25, 0.3) is 5.69 Å². The van der Waals surface area contributed by atoms with Crippen LogP contribution in [-0.2, 0) is 10.1 Å². The van der Waals surface area contributed by atoms with Crippen LogP contribution in [0.3, 0.4) is 0 Å². The van der Waals surface area contributed by atoms with Crippen LogP contribution in [0.5, 0.6) is 5.75 Å². The number of hydrogen-bond donors (Lipinski definition) is 0. The van der Waals surface area contributed by atoms with Crippen molar-refractivity contribution in [3.8, 4) is 5.75 Å². The molecular formula is C12H8FNO5S. The minimum absolute atomic E-state index is 0.135. The van der Waals surface area contributed by atoms with Crippen LogP contribution >= 0.6 is 0 Å². The van der Waals surface area contributed by atoms with Gasteiger partial charge in [0.05, 0.1) is 4.92 Å². The van der Waals surface area contributed by atoms with Gasteiger partial charge in [0.1, 0.15) is 11.6 Å². The van der Waals surface area contributed by atoms with E-state index in [9.17, 15) is 22.9 Å². The predicted molar refractivity (Wildman–Crippen MR) is 67.3 cm³/mol. The summed E-state index contributed by atoms with van der Waals surface area (Å²) in [5.41, 5.74) is -0.588. The first kappa shape index (κ1) is 13.9. The third kappa shape index (κ3) is 2.91. The summed E-state index contributed by atoms with van der Waals surface area (Å²) in [5.74, 6) is -0.690. The molecule has 6 nitrogen and oxygen atoms in total. The number of halogens is 1. The van der Waals surface area contributed by atoms with Gasteiger partial charge in [0.15, 0.2) is 4.90 Å². The summed E-state index contributed by atoms with van der Waals surface area (Å²) in [7, 11) is -4.37. The Morgan fingerprint density at radius 2 is 1.65 bits per heavy atom. The molecule has 0 aromatic heterocycles. The molecular weight excluding hydrogens is 289 g/mol. The van der Waals surface area contributed by atoms with Crippen molar-refractivity contribution in [1.82, 2.24) is 0 Å². The van der Waals surface area contributed by atoms with E-state index in [4.69, 9.17) is 4.18 Å². The molecule has 0 aliphatic heterocycles. The van der Waals surface area contributed by atoms with Gasteiger partial charge in [0.2, 0.25) is 0 Å². The SMILES string of the molecule is O=[N+]([O-])c1ccccc1S(=O)(=O)Oc1ccc(F)cc1. The van der Waals surface area contributed by atoms with Crippen molar-refractivity contribution >= 4 is 15.8 Å². The Labute approximate surface area is 113 Å². The zero-order valence-electron chi connectivity index (χ0n) is 9.89. The van der Waals surface area contributed by atoms with Crippen molar-refractivity contribution in [2.45, 2.75) is 4.90 Å². The van der Waals surface area contributed by atoms with Gasteiger partial charge in [-0.15, -0.1) is 0 Å². The van der Waals surface area contributed by atoms with Crippen LogP contribution in [0, 0.1) is 15.9 Å². The van der Waals surface area contributed by atoms with E-state index in [1.54, 1.807) is 0 Å². The molecule has 0 radical (unpaired) electrons. The Morgan fingerprint density at radius 3 is 2.25 bits per heavy atom. The maximum atomic E-state index is 12.7. The van der Waals surface area contributed by atoms with Gasteiger partial charge >= 0.3 is 10.1 Å². The van der Waals surface area contributed by atoms with Gasteiger partial charge in [-0.3, -0.25) is 10.1 Å². The zero-order chi connectivity index (χ0) is 14.8. The standard InChI is InChI=1S/C12H8FNO5S/c13-9-5-7-10(8-6-9)19-20(17,18)12-4-2-1-3-11(12)14(15)16/h1-8H. The average Bonchev–Trinajstić information content (AvgIpc) is 2.41. The molecule has 104 valence electrons. The number of para-hydroxylation sites is 1. The largest absolute Gasteiger partial charge is 0.379 e. The van der Waals surface area contributed by atoms with E-state index in [2.05, 4.69) is 0 Å². The maximum absolute atomic E-state index is 12.7. The third-order valence-corrected chi connectivity index (χ3v) is 3.65. The molecule has 0 fully saturated rings. The van der Waals surface area contributed by atoms with E-state index >= 15 is 0 Å². The van der Waals surface area contributed by atoms with Gasteiger partial charge in [-0.2, -0.15) is 8.42 Å². The van der Waals surface area contributed by atoms with Crippen LogP contribution in [0.4, 0.5) is 10.1 Å². The van der Waals surface area contributed by atoms with Crippen LogP contribution < -0.4 is 4.18 Å². The van der Waals surface area contributed by atoms with E-state index < -0.39 is 31.4 Å². The Kier molecular flexibility index (Phi) is 3.66. The summed E-state index contributed by atoms with van der Waals surface area (Å²) in [5, 5.41) is 10.8. The van der Waals surface area contributed by atoms with Gasteiger partial charge < -0.3 is 4.18 Å². The highest BCUT2D eigenvalue weighted by Crippen LogP contribution is 2.26. The molecule has 20 heavy (non-hydrogen) atoms. The Bertz CT molecular complexity index is 743. The second kappa shape index (κ2) is 5.25. The Morgan fingerprint density at radius 1 is 1.05 bits per heavy atom. The topological polar surface area (TPSA) is 86.5 Å². The first-order chi connectivity index (χ1) is 9.40. The molecule has 0 spiro atoms. The summed E-state index contributed by atoms with van der Waals surface area (Å²) < 4.78 is 41.4. The molecule has 0 atom stereocenters. The van der Waals surface area contributed by atoms with Crippen LogP contribution in [0.1, 0.15) is 0 Å². The molecule has 0 saturated heterocycles. The predicted octanol–water partition coefficient (Wildman–Crippen LogP) is 2.50. The lowest BCUT2D eigenvalue weighted by molar-refractivity contribution is -0.387. The van der Waals surface area contributed by atoms with Crippen LogP contribution in [-0.4, -0.2) is 13.3 Å². The minimum Gasteiger partial charge on any atom is -0.379 e. The number of nitrogens with zero attached hydrogens (tertiary/aromatic N) is 1. The minimum atomic E-state index is -4.37. The summed E-state index contributed by atoms with van der Waals surface area (Å²) >= 11 is 0. The van der Waals surface area contributed by atoms with E-state index in [0.717, 1.165) is 36.4 Å². The van der Waals surface area contributed by atoms with Crippen molar-refractivity contribution in [3.05, 3.63) is 64.5 Å². The van der Waals surface area contributed by atoms with E-state index in [1.807, 2.05) is 0 Å². The maximum Gasteiger partial charge on any atom is 0.346 e. The lowest BCUT2D eigenvalue weighted by Gasteiger charge is -2.07. The molecule has 0 bridgehead atoms. The quantitative estimate of drug-likeness (QED) is 0.491. The Hall–Kier alpha value is -2.48. The van der Waals surface area contributed by atoms with Crippen LogP contribution in [0.25, 0.3) is 0 Å². The van der Waals surface area contributed by atoms with Crippen molar-refractivity contribution in [1.29, 1.82) is 0 Å². The number of hydrogen-bond acceptors (Lipinski definition) is 5. The van der Waals surface area contributed by atoms with Gasteiger partial charge in [-0.1, -0.05) is 12.1 Å². The monoisotopic (exact) mass is 297 g/mol. The smallest absolute Gasteiger partial charge is 0.346 e. The normalized spacial score (nSPS) is 11.1. The van der Waals surface area contributed by atoms with Crippen molar-refractivity contribution in [2.75, 3.05) is 0 Å². The molecule has 0 saturated carbocycles. The number of benzene rings is 2. The molecule has 2 rings (SSSR count). The molecule has 2 aromatic rings. The lowest BCUT2D eigenvalue weighted by Crippen LogP contribution is -2.11. The Balaban J connectivity index is 2.41. The van der Waals surface area contributed by atoms with E-state index in [0.29, 0.717) is 0 Å². The van der Waals surface area contributed by atoms with Gasteiger partial charge in [-0.05, 0) is 30.3 Å². The number of nitro groups is 1. The summed E-state index contributed by atoms with van der Waals surface area (Å²) in [6.07, 6.45) is 0. The molecule has 0 amide bonds. The number of rotatable bonds is 4. The highest BCUT2D eigenvalue weighted by atomic mass is 32.2. The number of nitro benzene ring substituents is 1. The first-order valence-electron chi connectivity index (χ1n) is 5.33. The third-order valence-electron chi connectivity index (χ3n) is 2.35. The second-order valence-electron chi connectivity index (χ2n) is 3.72. The molecule has 0 aliphatic rings. The highest BCUT2D eigenvalue weighted by Gasteiger charge is 2.27. The van der Waals surface area contributed by atoms with Crippen molar-refractivity contribution < 1.29 is 21.9 Å². The van der Waals surface area contributed by atoms with Crippen molar-refractivity contribution in [2.24, 2.45) is 0 Å². The van der Waals surface area contributed by atoms with E-state index in [1.165, 1.54) is 12.1 Å². The molecule has 0 N–H and O–H groups in total. The summed E-state index contributed by atoms with van der Waals surface area (Å²) in [6, 6.07) is 9.07. The molecule has 0 unspecified atom stereocenters. The summed E-state index contributed by atoms with van der Waals surface area (Å²) in [4.78, 5) is 9.42. The first-order valence-corrected chi connectivity index (χ1v) is 6.74. The van der Waals surface area contributed by atoms with Crippen molar-refractivity contribution in [3.63, 3.8) is 0 Å². The fourth-order valence-corrected chi connectivity index (χ4v) is 2.58. The second-order valence-corrected chi connectivity index (χ2v) is 5.23. The van der Waals surface area contributed by atoms with Crippen LogP contribution in [0.15, 0.2) is 53.4 Å². The molecule has 2 aromatic carbocycles. The fraction of sp³-hybridized carbons (Fsp3) is 0. The molecule has 0 aliphatic carbocycles. The van der Waals surface area contributed by atoms with Gasteiger partial charge in [0, 0.05) is 6.07 Å². The molecule has 0 heterocycles. The molecule has 8 heteroatoms. The van der Waals surface area contributed by atoms with E-state index in [-0.39, 0.29) is 5.75 Å².